The monoisotopic (exact) mass is 307 g/mol. The molecule has 0 bridgehead atoms. The van der Waals surface area contributed by atoms with Crippen molar-refractivity contribution in [3.05, 3.63) is 29.3 Å². The number of halogens is 1. The smallest absolute Gasteiger partial charge is 0.134 e. The Bertz CT molecular complexity index is 501. The molecule has 0 amide bonds. The second-order valence-electron chi connectivity index (χ2n) is 5.04. The van der Waals surface area contributed by atoms with Gasteiger partial charge in [0.15, 0.2) is 0 Å². The van der Waals surface area contributed by atoms with Crippen molar-refractivity contribution in [3.63, 3.8) is 0 Å². The van der Waals surface area contributed by atoms with E-state index in [1.807, 2.05) is 6.07 Å². The SMILES string of the molecule is Cc1ccc(OCCN2CCOCC2)c(C#CCCCl)c1. The van der Waals surface area contributed by atoms with Gasteiger partial charge < -0.3 is 9.47 Å². The van der Waals surface area contributed by atoms with E-state index in [-0.39, 0.29) is 0 Å². The van der Waals surface area contributed by atoms with E-state index in [1.54, 1.807) is 0 Å². The predicted molar refractivity (Wildman–Crippen MR) is 86.1 cm³/mol. The van der Waals surface area contributed by atoms with Gasteiger partial charge in [-0.05, 0) is 24.6 Å². The first kappa shape index (κ1) is 16.2. The fourth-order valence-electron chi connectivity index (χ4n) is 2.18. The van der Waals surface area contributed by atoms with Gasteiger partial charge in [-0.2, -0.15) is 0 Å². The summed E-state index contributed by atoms with van der Waals surface area (Å²) in [5.74, 6) is 7.64. The molecular weight excluding hydrogens is 286 g/mol. The molecule has 0 aromatic heterocycles. The second-order valence-corrected chi connectivity index (χ2v) is 5.42. The summed E-state index contributed by atoms with van der Waals surface area (Å²) in [5.41, 5.74) is 2.13. The van der Waals surface area contributed by atoms with Crippen LogP contribution in [0.1, 0.15) is 17.5 Å². The zero-order chi connectivity index (χ0) is 14.9. The van der Waals surface area contributed by atoms with Crippen LogP contribution in [-0.2, 0) is 4.74 Å². The lowest BCUT2D eigenvalue weighted by Crippen LogP contribution is -2.38. The molecule has 1 aromatic carbocycles. The Balaban J connectivity index is 1.90. The zero-order valence-electron chi connectivity index (χ0n) is 12.5. The number of alkyl halides is 1. The normalized spacial score (nSPS) is 15.3. The molecule has 0 radical (unpaired) electrons. The first-order chi connectivity index (χ1) is 10.3. The highest BCUT2D eigenvalue weighted by Crippen LogP contribution is 2.19. The van der Waals surface area contributed by atoms with Gasteiger partial charge in [-0.3, -0.25) is 4.90 Å². The van der Waals surface area contributed by atoms with E-state index in [4.69, 9.17) is 21.1 Å². The van der Waals surface area contributed by atoms with Crippen LogP contribution in [0.25, 0.3) is 0 Å². The van der Waals surface area contributed by atoms with E-state index in [1.165, 1.54) is 5.56 Å². The molecule has 1 fully saturated rings. The average Bonchev–Trinajstić information content (AvgIpc) is 2.51. The molecule has 114 valence electrons. The molecule has 0 spiro atoms. The van der Waals surface area contributed by atoms with Crippen molar-refractivity contribution in [1.29, 1.82) is 0 Å². The molecule has 1 aromatic rings. The summed E-state index contributed by atoms with van der Waals surface area (Å²) in [7, 11) is 0. The average molecular weight is 308 g/mol. The number of rotatable bonds is 5. The lowest BCUT2D eigenvalue weighted by molar-refractivity contribution is 0.0322. The van der Waals surface area contributed by atoms with Gasteiger partial charge in [-0.25, -0.2) is 0 Å². The third-order valence-corrected chi connectivity index (χ3v) is 3.54. The molecule has 1 aliphatic rings. The molecular formula is C17H22ClNO2. The number of hydrogen-bond acceptors (Lipinski definition) is 3. The quantitative estimate of drug-likeness (QED) is 0.617. The first-order valence-electron chi connectivity index (χ1n) is 7.38. The Morgan fingerprint density at radius 2 is 2.14 bits per heavy atom. The predicted octanol–water partition coefficient (Wildman–Crippen LogP) is 2.69. The Labute approximate surface area is 132 Å². The van der Waals surface area contributed by atoms with Crippen molar-refractivity contribution >= 4 is 11.6 Å². The van der Waals surface area contributed by atoms with E-state index in [9.17, 15) is 0 Å². The summed E-state index contributed by atoms with van der Waals surface area (Å²) in [6.07, 6.45) is 0.697. The Hall–Kier alpha value is -1.21. The molecule has 1 aliphatic heterocycles. The summed E-state index contributed by atoms with van der Waals surface area (Å²) >= 11 is 5.66. The highest BCUT2D eigenvalue weighted by atomic mass is 35.5. The molecule has 0 aliphatic carbocycles. The van der Waals surface area contributed by atoms with Gasteiger partial charge in [0.1, 0.15) is 12.4 Å². The van der Waals surface area contributed by atoms with Gasteiger partial charge >= 0.3 is 0 Å². The van der Waals surface area contributed by atoms with E-state index in [0.717, 1.165) is 44.2 Å². The van der Waals surface area contributed by atoms with Gasteiger partial charge in [0.05, 0.1) is 18.8 Å². The van der Waals surface area contributed by atoms with Crippen LogP contribution in [0.3, 0.4) is 0 Å². The standard InChI is InChI=1S/C17H22ClNO2/c1-15-5-6-17(16(14-15)4-2-3-7-18)21-13-10-19-8-11-20-12-9-19/h5-6,14H,3,7-13H2,1H3. The van der Waals surface area contributed by atoms with E-state index in [0.29, 0.717) is 18.9 Å². The zero-order valence-corrected chi connectivity index (χ0v) is 13.3. The summed E-state index contributed by atoms with van der Waals surface area (Å²) in [4.78, 5) is 2.36. The minimum absolute atomic E-state index is 0.562. The number of hydrogen-bond donors (Lipinski definition) is 0. The fraction of sp³-hybridized carbons (Fsp3) is 0.529. The molecule has 0 saturated carbocycles. The molecule has 3 nitrogen and oxygen atoms in total. The maximum absolute atomic E-state index is 5.91. The van der Waals surface area contributed by atoms with E-state index < -0.39 is 0 Å². The van der Waals surface area contributed by atoms with Crippen molar-refractivity contribution in [2.24, 2.45) is 0 Å². The molecule has 2 rings (SSSR count). The number of ether oxygens (including phenoxy) is 2. The van der Waals surface area contributed by atoms with Gasteiger partial charge in [0.25, 0.3) is 0 Å². The van der Waals surface area contributed by atoms with Crippen molar-refractivity contribution in [3.8, 4) is 17.6 Å². The summed E-state index contributed by atoms with van der Waals surface area (Å²) in [5, 5.41) is 0. The minimum Gasteiger partial charge on any atom is -0.491 e. The number of aryl methyl sites for hydroxylation is 1. The molecule has 21 heavy (non-hydrogen) atoms. The van der Waals surface area contributed by atoms with Crippen molar-refractivity contribution in [2.75, 3.05) is 45.3 Å². The molecule has 1 heterocycles. The first-order valence-corrected chi connectivity index (χ1v) is 7.91. The van der Waals surface area contributed by atoms with Gasteiger partial charge in [0.2, 0.25) is 0 Å². The lowest BCUT2D eigenvalue weighted by atomic mass is 10.1. The van der Waals surface area contributed by atoms with Crippen molar-refractivity contribution in [2.45, 2.75) is 13.3 Å². The van der Waals surface area contributed by atoms with Crippen LogP contribution < -0.4 is 4.74 Å². The molecule has 0 unspecified atom stereocenters. The van der Waals surface area contributed by atoms with Gasteiger partial charge in [-0.1, -0.05) is 17.9 Å². The van der Waals surface area contributed by atoms with Gasteiger partial charge in [0, 0.05) is 31.9 Å². The summed E-state index contributed by atoms with van der Waals surface area (Å²) < 4.78 is 11.2. The second kappa shape index (κ2) is 8.94. The van der Waals surface area contributed by atoms with Gasteiger partial charge in [-0.15, -0.1) is 11.6 Å². The number of nitrogens with zero attached hydrogens (tertiary/aromatic N) is 1. The van der Waals surface area contributed by atoms with Crippen molar-refractivity contribution in [1.82, 2.24) is 4.90 Å². The van der Waals surface area contributed by atoms with Crippen LogP contribution in [0.15, 0.2) is 18.2 Å². The largest absolute Gasteiger partial charge is 0.491 e. The van der Waals surface area contributed by atoms with Crippen LogP contribution in [0, 0.1) is 18.8 Å². The molecule has 1 saturated heterocycles. The number of benzene rings is 1. The van der Waals surface area contributed by atoms with Crippen LogP contribution in [-0.4, -0.2) is 50.2 Å². The maximum Gasteiger partial charge on any atom is 0.134 e. The maximum atomic E-state index is 5.91. The van der Waals surface area contributed by atoms with Crippen LogP contribution in [0.2, 0.25) is 0 Å². The molecule has 0 N–H and O–H groups in total. The third-order valence-electron chi connectivity index (χ3n) is 3.35. The van der Waals surface area contributed by atoms with Crippen LogP contribution in [0.5, 0.6) is 5.75 Å². The summed E-state index contributed by atoms with van der Waals surface area (Å²) in [6, 6.07) is 6.11. The highest BCUT2D eigenvalue weighted by molar-refractivity contribution is 6.18. The van der Waals surface area contributed by atoms with Crippen LogP contribution >= 0.6 is 11.6 Å². The third kappa shape index (κ3) is 5.59. The summed E-state index contributed by atoms with van der Waals surface area (Å²) in [6.45, 7) is 7.27. The Kier molecular flexibility index (Phi) is 6.88. The van der Waals surface area contributed by atoms with Crippen LogP contribution in [0.4, 0.5) is 0 Å². The van der Waals surface area contributed by atoms with E-state index >= 15 is 0 Å². The Morgan fingerprint density at radius 3 is 2.90 bits per heavy atom. The van der Waals surface area contributed by atoms with Crippen molar-refractivity contribution < 1.29 is 9.47 Å². The topological polar surface area (TPSA) is 21.7 Å². The fourth-order valence-corrected chi connectivity index (χ4v) is 2.28. The minimum atomic E-state index is 0.562. The Morgan fingerprint density at radius 1 is 1.33 bits per heavy atom. The number of morpholine rings is 1. The lowest BCUT2D eigenvalue weighted by Gasteiger charge is -2.26. The van der Waals surface area contributed by atoms with E-state index in [2.05, 4.69) is 35.8 Å². The highest BCUT2D eigenvalue weighted by Gasteiger charge is 2.10. The molecule has 0 atom stereocenters. The molecule has 4 heteroatoms.